The van der Waals surface area contributed by atoms with Gasteiger partial charge in [-0.3, -0.25) is 20.2 Å². The van der Waals surface area contributed by atoms with Gasteiger partial charge in [-0.25, -0.2) is 0 Å². The fourth-order valence-corrected chi connectivity index (χ4v) is 3.17. The number of anilines is 1. The number of amides is 1. The molecule has 2 N–H and O–H groups in total. The molecule has 4 rings (SSSR count). The number of carbonyl (C=O) groups excluding carboxylic acids is 1. The second-order valence-electron chi connectivity index (χ2n) is 6.01. The van der Waals surface area contributed by atoms with Crippen LogP contribution in [0, 0.1) is 0 Å². The quantitative estimate of drug-likeness (QED) is 0.735. The van der Waals surface area contributed by atoms with Crippen molar-refractivity contribution in [1.82, 2.24) is 20.2 Å². The lowest BCUT2D eigenvalue weighted by Crippen LogP contribution is -2.21. The minimum Gasteiger partial charge on any atom is -0.493 e. The average Bonchev–Trinajstić information content (AvgIpc) is 3.11. The van der Waals surface area contributed by atoms with Crippen LogP contribution in [0.3, 0.4) is 0 Å². The summed E-state index contributed by atoms with van der Waals surface area (Å²) in [5.74, 6) is 1.52. The van der Waals surface area contributed by atoms with Crippen molar-refractivity contribution in [2.45, 2.75) is 18.8 Å². The number of fused-ring (bicyclic) bond motifs is 1. The summed E-state index contributed by atoms with van der Waals surface area (Å²) in [7, 11) is 0. The molecule has 7 nitrogen and oxygen atoms in total. The predicted octanol–water partition coefficient (Wildman–Crippen LogP) is 3.42. The number of carbonyl (C=O) groups is 1. The van der Waals surface area contributed by atoms with Crippen LogP contribution in [-0.4, -0.2) is 32.7 Å². The first-order chi connectivity index (χ1) is 12.7. The molecule has 0 aliphatic carbocycles. The van der Waals surface area contributed by atoms with E-state index in [2.05, 4.69) is 25.5 Å². The molecule has 26 heavy (non-hydrogen) atoms. The Morgan fingerprint density at radius 2 is 2.15 bits per heavy atom. The summed E-state index contributed by atoms with van der Waals surface area (Å²) in [5.41, 5.74) is 1.85. The topological polar surface area (TPSA) is 92.8 Å². The predicted molar refractivity (Wildman–Crippen MR) is 97.2 cm³/mol. The van der Waals surface area contributed by atoms with Crippen molar-refractivity contribution < 1.29 is 9.53 Å². The van der Waals surface area contributed by atoms with Gasteiger partial charge in [-0.2, -0.15) is 4.98 Å². The summed E-state index contributed by atoms with van der Waals surface area (Å²) in [6.07, 6.45) is 4.45. The number of hydrogen-bond donors (Lipinski definition) is 2. The van der Waals surface area contributed by atoms with Gasteiger partial charge in [0.15, 0.2) is 5.82 Å². The molecular weight excluding hydrogens is 354 g/mol. The molecule has 2 aromatic heterocycles. The molecule has 0 fully saturated rings. The van der Waals surface area contributed by atoms with E-state index >= 15 is 0 Å². The molecule has 1 aromatic carbocycles. The second-order valence-corrected chi connectivity index (χ2v) is 6.45. The zero-order valence-corrected chi connectivity index (χ0v) is 14.5. The number of hydrogen-bond acceptors (Lipinski definition) is 5. The Bertz CT molecular complexity index is 928. The number of ether oxygens (including phenoxy) is 1. The molecule has 1 amide bonds. The van der Waals surface area contributed by atoms with Crippen molar-refractivity contribution in [3.8, 4) is 17.1 Å². The van der Waals surface area contributed by atoms with Crippen LogP contribution in [0.15, 0.2) is 42.7 Å². The molecule has 132 valence electrons. The third kappa shape index (κ3) is 3.52. The molecule has 0 saturated heterocycles. The van der Waals surface area contributed by atoms with Gasteiger partial charge >= 0.3 is 0 Å². The minimum atomic E-state index is -0.141. The summed E-state index contributed by atoms with van der Waals surface area (Å²) in [6, 6.07) is 9.16. The number of pyridine rings is 1. The second kappa shape index (κ2) is 7.13. The van der Waals surface area contributed by atoms with Crippen LogP contribution in [0.4, 0.5) is 5.95 Å². The van der Waals surface area contributed by atoms with Crippen LogP contribution in [0.2, 0.25) is 5.02 Å². The maximum absolute atomic E-state index is 12.4. The van der Waals surface area contributed by atoms with Crippen molar-refractivity contribution in [2.75, 3.05) is 11.9 Å². The monoisotopic (exact) mass is 369 g/mol. The summed E-state index contributed by atoms with van der Waals surface area (Å²) < 4.78 is 5.64. The van der Waals surface area contributed by atoms with Gasteiger partial charge in [-0.05, 0) is 42.2 Å². The van der Waals surface area contributed by atoms with Crippen molar-refractivity contribution in [1.29, 1.82) is 0 Å². The Hall–Kier alpha value is -2.93. The van der Waals surface area contributed by atoms with E-state index in [1.807, 2.05) is 24.3 Å². The van der Waals surface area contributed by atoms with E-state index < -0.39 is 0 Å². The van der Waals surface area contributed by atoms with Gasteiger partial charge in [-0.15, -0.1) is 5.10 Å². The Morgan fingerprint density at radius 3 is 3.00 bits per heavy atom. The molecule has 0 bridgehead atoms. The lowest BCUT2D eigenvalue weighted by molar-refractivity contribution is -0.116. The molecule has 0 unspecified atom stereocenters. The highest BCUT2D eigenvalue weighted by molar-refractivity contribution is 6.30. The van der Waals surface area contributed by atoms with E-state index in [4.69, 9.17) is 16.3 Å². The molecule has 3 heterocycles. The van der Waals surface area contributed by atoms with Gasteiger partial charge in [-0.1, -0.05) is 17.7 Å². The first kappa shape index (κ1) is 16.5. The lowest BCUT2D eigenvalue weighted by Gasteiger charge is -2.25. The molecule has 3 aromatic rings. The first-order valence-electron chi connectivity index (χ1n) is 8.24. The number of rotatable bonds is 4. The first-order valence-corrected chi connectivity index (χ1v) is 8.62. The summed E-state index contributed by atoms with van der Waals surface area (Å²) in [4.78, 5) is 20.7. The van der Waals surface area contributed by atoms with Crippen LogP contribution in [0.5, 0.6) is 5.75 Å². The van der Waals surface area contributed by atoms with E-state index in [1.165, 1.54) is 0 Å². The number of aromatic amines is 1. The molecule has 0 spiro atoms. The van der Waals surface area contributed by atoms with E-state index in [0.29, 0.717) is 23.9 Å². The van der Waals surface area contributed by atoms with Crippen LogP contribution in [0.1, 0.15) is 24.3 Å². The molecule has 8 heteroatoms. The van der Waals surface area contributed by atoms with Gasteiger partial charge in [0.25, 0.3) is 0 Å². The molecule has 0 radical (unpaired) electrons. The lowest BCUT2D eigenvalue weighted by atomic mass is 9.90. The van der Waals surface area contributed by atoms with Crippen LogP contribution >= 0.6 is 11.6 Å². The number of halogens is 1. The fourth-order valence-electron chi connectivity index (χ4n) is 3.01. The maximum atomic E-state index is 12.4. The molecule has 0 saturated carbocycles. The van der Waals surface area contributed by atoms with Crippen molar-refractivity contribution in [3.05, 3.63) is 53.3 Å². The van der Waals surface area contributed by atoms with Crippen LogP contribution in [-0.2, 0) is 4.79 Å². The Balaban J connectivity index is 1.43. The zero-order chi connectivity index (χ0) is 17.9. The van der Waals surface area contributed by atoms with Gasteiger partial charge in [0.1, 0.15) is 5.75 Å². The van der Waals surface area contributed by atoms with Crippen molar-refractivity contribution >= 4 is 23.5 Å². The summed E-state index contributed by atoms with van der Waals surface area (Å²) >= 11 is 6.01. The number of nitrogens with zero attached hydrogens (tertiary/aromatic N) is 3. The minimum absolute atomic E-state index is 0.0784. The highest BCUT2D eigenvalue weighted by Crippen LogP contribution is 2.37. The van der Waals surface area contributed by atoms with Crippen molar-refractivity contribution in [3.63, 3.8) is 0 Å². The Morgan fingerprint density at radius 1 is 1.31 bits per heavy atom. The number of aromatic nitrogens is 4. The molecule has 1 atom stereocenters. The Labute approximate surface area is 154 Å². The summed E-state index contributed by atoms with van der Waals surface area (Å²) in [6.45, 7) is 0.568. The largest absolute Gasteiger partial charge is 0.493 e. The Kier molecular flexibility index (Phi) is 4.53. The van der Waals surface area contributed by atoms with E-state index in [-0.39, 0.29) is 17.8 Å². The maximum Gasteiger partial charge on any atom is 0.249 e. The smallest absolute Gasteiger partial charge is 0.249 e. The molecule has 1 aliphatic heterocycles. The highest BCUT2D eigenvalue weighted by atomic mass is 35.5. The van der Waals surface area contributed by atoms with Crippen molar-refractivity contribution in [2.24, 2.45) is 0 Å². The van der Waals surface area contributed by atoms with Crippen LogP contribution in [0.25, 0.3) is 11.4 Å². The van der Waals surface area contributed by atoms with Gasteiger partial charge < -0.3 is 4.74 Å². The van der Waals surface area contributed by atoms with Crippen LogP contribution < -0.4 is 10.1 Å². The van der Waals surface area contributed by atoms with E-state index in [9.17, 15) is 4.79 Å². The van der Waals surface area contributed by atoms with E-state index in [0.717, 1.165) is 23.3 Å². The van der Waals surface area contributed by atoms with E-state index in [1.54, 1.807) is 18.5 Å². The third-order valence-corrected chi connectivity index (χ3v) is 4.50. The van der Waals surface area contributed by atoms with Gasteiger partial charge in [0, 0.05) is 29.4 Å². The molecule has 1 aliphatic rings. The van der Waals surface area contributed by atoms with Gasteiger partial charge in [0.2, 0.25) is 11.9 Å². The fraction of sp³-hybridized carbons (Fsp3) is 0.222. The van der Waals surface area contributed by atoms with Gasteiger partial charge in [0.05, 0.1) is 6.61 Å². The third-order valence-electron chi connectivity index (χ3n) is 4.26. The highest BCUT2D eigenvalue weighted by Gasteiger charge is 2.24. The SMILES string of the molecule is O=C(C[C@@H]1CCOc2cc(Cl)ccc21)Nc1n[nH]c(-c2ccncc2)n1. The average molecular weight is 370 g/mol. The summed E-state index contributed by atoms with van der Waals surface area (Å²) in [5, 5.41) is 10.2. The zero-order valence-electron chi connectivity index (χ0n) is 13.8. The number of benzene rings is 1. The number of nitrogens with one attached hydrogen (secondary N) is 2. The number of H-pyrrole nitrogens is 1. The standard InChI is InChI=1S/C18H16ClN5O2/c19-13-1-2-14-12(5-8-26-15(14)10-13)9-16(25)21-18-22-17(23-24-18)11-3-6-20-7-4-11/h1-4,6-7,10,12H,5,8-9H2,(H2,21,22,23,24,25)/t12-/m0/s1. The molecular formula is C18H16ClN5O2. The normalized spacial score (nSPS) is 15.8.